The predicted octanol–water partition coefficient (Wildman–Crippen LogP) is 2.56. The molecule has 2 rings (SSSR count). The molecule has 0 spiro atoms. The van der Waals surface area contributed by atoms with Crippen LogP contribution in [-0.2, 0) is 19.8 Å². The molecule has 0 radical (unpaired) electrons. The molecule has 96 valence electrons. The Morgan fingerprint density at radius 1 is 1.33 bits per heavy atom. The van der Waals surface area contributed by atoms with Gasteiger partial charge in [-0.2, -0.15) is 18.3 Å². The van der Waals surface area contributed by atoms with E-state index in [4.69, 9.17) is 5.73 Å². The molecule has 0 saturated carbocycles. The molecule has 2 aromatic rings. The highest BCUT2D eigenvalue weighted by Crippen LogP contribution is 2.32. The molecular formula is C12H12F3N3. The normalized spacial score (nSPS) is 11.8. The Kier molecular flexibility index (Phi) is 3.13. The molecule has 1 heterocycles. The van der Waals surface area contributed by atoms with Crippen LogP contribution in [0.15, 0.2) is 30.5 Å². The van der Waals surface area contributed by atoms with Gasteiger partial charge in [0.1, 0.15) is 0 Å². The lowest BCUT2D eigenvalue weighted by molar-refractivity contribution is -0.137. The van der Waals surface area contributed by atoms with Gasteiger partial charge in [0.15, 0.2) is 0 Å². The molecule has 1 aromatic carbocycles. The molecule has 0 aliphatic heterocycles. The third-order valence-corrected chi connectivity index (χ3v) is 2.70. The number of rotatable bonds is 2. The van der Waals surface area contributed by atoms with Gasteiger partial charge in [0, 0.05) is 24.7 Å². The molecular weight excluding hydrogens is 243 g/mol. The Hall–Kier alpha value is -1.82. The van der Waals surface area contributed by atoms with E-state index >= 15 is 0 Å². The lowest BCUT2D eigenvalue weighted by Crippen LogP contribution is -2.06. The Balaban J connectivity index is 2.55. The van der Waals surface area contributed by atoms with E-state index in [1.807, 2.05) is 0 Å². The van der Waals surface area contributed by atoms with E-state index in [9.17, 15) is 13.2 Å². The zero-order chi connectivity index (χ0) is 13.3. The van der Waals surface area contributed by atoms with Crippen LogP contribution < -0.4 is 5.73 Å². The first-order valence-electron chi connectivity index (χ1n) is 5.32. The Morgan fingerprint density at radius 2 is 2.06 bits per heavy atom. The highest BCUT2D eigenvalue weighted by Gasteiger charge is 2.30. The summed E-state index contributed by atoms with van der Waals surface area (Å²) in [6.45, 7) is 0.236. The molecule has 0 atom stereocenters. The van der Waals surface area contributed by atoms with Gasteiger partial charge in [0.2, 0.25) is 0 Å². The summed E-state index contributed by atoms with van der Waals surface area (Å²) in [5.41, 5.74) is 6.67. The van der Waals surface area contributed by atoms with Crippen molar-refractivity contribution in [2.24, 2.45) is 12.8 Å². The summed E-state index contributed by atoms with van der Waals surface area (Å²) >= 11 is 0. The molecule has 0 aliphatic rings. The van der Waals surface area contributed by atoms with E-state index in [0.717, 1.165) is 17.7 Å². The van der Waals surface area contributed by atoms with Gasteiger partial charge in [-0.3, -0.25) is 4.68 Å². The van der Waals surface area contributed by atoms with Crippen LogP contribution in [-0.4, -0.2) is 9.78 Å². The lowest BCUT2D eigenvalue weighted by Gasteiger charge is -2.10. The molecule has 1 aromatic heterocycles. The average molecular weight is 255 g/mol. The summed E-state index contributed by atoms with van der Waals surface area (Å²) < 4.78 is 39.5. The van der Waals surface area contributed by atoms with Gasteiger partial charge >= 0.3 is 6.18 Å². The largest absolute Gasteiger partial charge is 0.416 e. The molecule has 0 saturated heterocycles. The first kappa shape index (κ1) is 12.6. The number of nitrogens with zero attached hydrogens (tertiary/aromatic N) is 2. The molecule has 0 fully saturated rings. The monoisotopic (exact) mass is 255 g/mol. The summed E-state index contributed by atoms with van der Waals surface area (Å²) in [4.78, 5) is 0. The average Bonchev–Trinajstić information content (AvgIpc) is 2.69. The van der Waals surface area contributed by atoms with Crippen molar-refractivity contribution < 1.29 is 13.2 Å². The van der Waals surface area contributed by atoms with Crippen molar-refractivity contribution in [2.75, 3.05) is 0 Å². The Labute approximate surface area is 102 Å². The number of nitrogens with two attached hydrogens (primary N) is 1. The second-order valence-electron chi connectivity index (χ2n) is 3.92. The summed E-state index contributed by atoms with van der Waals surface area (Å²) in [5, 5.41) is 4.01. The minimum Gasteiger partial charge on any atom is -0.326 e. The topological polar surface area (TPSA) is 43.8 Å². The van der Waals surface area contributed by atoms with Crippen molar-refractivity contribution in [1.29, 1.82) is 0 Å². The summed E-state index contributed by atoms with van der Waals surface area (Å²) in [6.07, 6.45) is -2.78. The van der Waals surface area contributed by atoms with E-state index in [1.165, 1.54) is 10.7 Å². The minimum absolute atomic E-state index is 0.236. The first-order valence-corrected chi connectivity index (χ1v) is 5.32. The second-order valence-corrected chi connectivity index (χ2v) is 3.92. The molecule has 6 heteroatoms. The molecule has 2 N–H and O–H groups in total. The van der Waals surface area contributed by atoms with Crippen LogP contribution in [0, 0.1) is 0 Å². The fourth-order valence-corrected chi connectivity index (χ4v) is 1.85. The Bertz CT molecular complexity index is 558. The standard InChI is InChI=1S/C12H12F3N3/c1-18-11(9(6-16)7-17-18)8-3-2-4-10(5-8)12(13,14)15/h2-5,7H,6,16H2,1H3. The third kappa shape index (κ3) is 2.24. The quantitative estimate of drug-likeness (QED) is 0.896. The van der Waals surface area contributed by atoms with E-state index in [2.05, 4.69) is 5.10 Å². The van der Waals surface area contributed by atoms with Crippen LogP contribution in [0.25, 0.3) is 11.3 Å². The number of aromatic nitrogens is 2. The maximum Gasteiger partial charge on any atom is 0.416 e. The fraction of sp³-hybridized carbons (Fsp3) is 0.250. The SMILES string of the molecule is Cn1ncc(CN)c1-c1cccc(C(F)(F)F)c1. The highest BCUT2D eigenvalue weighted by atomic mass is 19.4. The zero-order valence-electron chi connectivity index (χ0n) is 9.70. The van der Waals surface area contributed by atoms with Gasteiger partial charge in [0.05, 0.1) is 17.5 Å². The number of aryl methyl sites for hydroxylation is 1. The smallest absolute Gasteiger partial charge is 0.326 e. The number of alkyl halides is 3. The van der Waals surface area contributed by atoms with Gasteiger partial charge in [-0.15, -0.1) is 0 Å². The molecule has 0 unspecified atom stereocenters. The second kappa shape index (κ2) is 4.45. The zero-order valence-corrected chi connectivity index (χ0v) is 9.70. The predicted molar refractivity (Wildman–Crippen MR) is 61.5 cm³/mol. The first-order chi connectivity index (χ1) is 8.43. The molecule has 0 aliphatic carbocycles. The van der Waals surface area contributed by atoms with Gasteiger partial charge in [-0.25, -0.2) is 0 Å². The summed E-state index contributed by atoms with van der Waals surface area (Å²) in [5.74, 6) is 0. The van der Waals surface area contributed by atoms with Crippen LogP contribution in [0.3, 0.4) is 0 Å². The van der Waals surface area contributed by atoms with Crippen LogP contribution in [0.4, 0.5) is 13.2 Å². The Morgan fingerprint density at radius 3 is 2.67 bits per heavy atom. The number of hydrogen-bond acceptors (Lipinski definition) is 2. The van der Waals surface area contributed by atoms with Crippen LogP contribution in [0.2, 0.25) is 0 Å². The van der Waals surface area contributed by atoms with E-state index in [0.29, 0.717) is 11.3 Å². The number of benzene rings is 1. The van der Waals surface area contributed by atoms with Crippen molar-refractivity contribution in [3.63, 3.8) is 0 Å². The van der Waals surface area contributed by atoms with Crippen LogP contribution in [0.5, 0.6) is 0 Å². The van der Waals surface area contributed by atoms with Crippen molar-refractivity contribution in [1.82, 2.24) is 9.78 Å². The van der Waals surface area contributed by atoms with E-state index in [-0.39, 0.29) is 6.54 Å². The maximum atomic E-state index is 12.6. The van der Waals surface area contributed by atoms with Crippen molar-refractivity contribution in [3.8, 4) is 11.3 Å². The number of hydrogen-bond donors (Lipinski definition) is 1. The fourth-order valence-electron chi connectivity index (χ4n) is 1.85. The summed E-state index contributed by atoms with van der Waals surface area (Å²) in [7, 11) is 1.68. The lowest BCUT2D eigenvalue weighted by atomic mass is 10.0. The molecule has 18 heavy (non-hydrogen) atoms. The van der Waals surface area contributed by atoms with Crippen LogP contribution >= 0.6 is 0 Å². The maximum absolute atomic E-state index is 12.6. The molecule has 3 nitrogen and oxygen atoms in total. The summed E-state index contributed by atoms with van der Waals surface area (Å²) in [6, 6.07) is 5.15. The van der Waals surface area contributed by atoms with E-state index in [1.54, 1.807) is 19.3 Å². The number of halogens is 3. The van der Waals surface area contributed by atoms with Crippen molar-refractivity contribution in [3.05, 3.63) is 41.6 Å². The van der Waals surface area contributed by atoms with Gasteiger partial charge in [-0.05, 0) is 12.1 Å². The van der Waals surface area contributed by atoms with Gasteiger partial charge < -0.3 is 5.73 Å². The highest BCUT2D eigenvalue weighted by molar-refractivity contribution is 5.64. The van der Waals surface area contributed by atoms with Gasteiger partial charge in [-0.1, -0.05) is 12.1 Å². The van der Waals surface area contributed by atoms with Crippen LogP contribution in [0.1, 0.15) is 11.1 Å². The molecule has 0 amide bonds. The van der Waals surface area contributed by atoms with E-state index < -0.39 is 11.7 Å². The third-order valence-electron chi connectivity index (χ3n) is 2.70. The van der Waals surface area contributed by atoms with Gasteiger partial charge in [0.25, 0.3) is 0 Å². The van der Waals surface area contributed by atoms with Crippen molar-refractivity contribution >= 4 is 0 Å². The minimum atomic E-state index is -4.35. The van der Waals surface area contributed by atoms with Crippen molar-refractivity contribution in [2.45, 2.75) is 12.7 Å². The molecule has 0 bridgehead atoms.